The molecule has 1 heterocycles. The van der Waals surface area contributed by atoms with E-state index in [-0.39, 0.29) is 4.75 Å². The summed E-state index contributed by atoms with van der Waals surface area (Å²) < 4.78 is 0.106. The van der Waals surface area contributed by atoms with Gasteiger partial charge in [-0.05, 0) is 6.07 Å². The minimum Gasteiger partial charge on any atom is -0.397 e. The van der Waals surface area contributed by atoms with E-state index in [0.29, 0.717) is 11.4 Å². The molecule has 3 nitrogen and oxygen atoms in total. The first-order valence-corrected chi connectivity index (χ1v) is 4.91. The van der Waals surface area contributed by atoms with Crippen LogP contribution in [0.4, 0.5) is 11.4 Å². The lowest BCUT2D eigenvalue weighted by molar-refractivity contribution is 0.800. The molecule has 0 fully saturated rings. The number of aromatic nitrogens is 1. The molecule has 1 rings (SSSR count). The van der Waals surface area contributed by atoms with E-state index in [1.54, 1.807) is 24.0 Å². The van der Waals surface area contributed by atoms with Gasteiger partial charge >= 0.3 is 0 Å². The predicted molar refractivity (Wildman–Crippen MR) is 58.7 cm³/mol. The molecule has 0 aliphatic carbocycles. The Hall–Kier alpha value is -0.900. The van der Waals surface area contributed by atoms with Crippen LogP contribution < -0.4 is 11.5 Å². The Morgan fingerprint density at radius 2 is 1.92 bits per heavy atom. The first-order valence-electron chi connectivity index (χ1n) is 4.09. The SMILES string of the molecule is CC(C)(C)Sc1nccc(N)c1N. The van der Waals surface area contributed by atoms with Crippen molar-refractivity contribution in [1.29, 1.82) is 0 Å². The molecular formula is C9H15N3S. The van der Waals surface area contributed by atoms with Crippen LogP contribution in [-0.2, 0) is 0 Å². The molecule has 0 spiro atoms. The summed E-state index contributed by atoms with van der Waals surface area (Å²) >= 11 is 1.63. The van der Waals surface area contributed by atoms with E-state index in [2.05, 4.69) is 25.8 Å². The van der Waals surface area contributed by atoms with Crippen LogP contribution in [-0.4, -0.2) is 9.73 Å². The van der Waals surface area contributed by atoms with Crippen molar-refractivity contribution in [1.82, 2.24) is 4.98 Å². The van der Waals surface area contributed by atoms with Gasteiger partial charge in [-0.1, -0.05) is 32.5 Å². The minimum atomic E-state index is 0.106. The van der Waals surface area contributed by atoms with Crippen LogP contribution in [0.1, 0.15) is 20.8 Å². The number of pyridine rings is 1. The van der Waals surface area contributed by atoms with E-state index in [0.717, 1.165) is 5.03 Å². The smallest absolute Gasteiger partial charge is 0.122 e. The fourth-order valence-electron chi connectivity index (χ4n) is 0.839. The molecule has 4 heteroatoms. The normalized spacial score (nSPS) is 11.6. The Balaban J connectivity index is 2.96. The van der Waals surface area contributed by atoms with E-state index in [1.807, 2.05) is 0 Å². The summed E-state index contributed by atoms with van der Waals surface area (Å²) in [6.45, 7) is 6.34. The quantitative estimate of drug-likeness (QED) is 0.677. The average Bonchev–Trinajstić information content (AvgIpc) is 1.96. The highest BCUT2D eigenvalue weighted by Crippen LogP contribution is 2.35. The number of thioether (sulfide) groups is 1. The Bertz CT molecular complexity index is 304. The first-order chi connectivity index (χ1) is 5.90. The number of nitrogens with two attached hydrogens (primary N) is 2. The highest BCUT2D eigenvalue weighted by atomic mass is 32.2. The Labute approximate surface area is 82.9 Å². The number of nitrogen functional groups attached to an aromatic ring is 2. The van der Waals surface area contributed by atoms with Crippen molar-refractivity contribution in [2.75, 3.05) is 11.5 Å². The van der Waals surface area contributed by atoms with Crippen LogP contribution in [0.3, 0.4) is 0 Å². The molecule has 1 aromatic heterocycles. The number of nitrogens with zero attached hydrogens (tertiary/aromatic N) is 1. The van der Waals surface area contributed by atoms with E-state index in [9.17, 15) is 0 Å². The zero-order valence-corrected chi connectivity index (χ0v) is 8.98. The largest absolute Gasteiger partial charge is 0.397 e. The zero-order valence-electron chi connectivity index (χ0n) is 8.16. The van der Waals surface area contributed by atoms with Gasteiger partial charge in [-0.15, -0.1) is 0 Å². The first kappa shape index (κ1) is 10.2. The summed E-state index contributed by atoms with van der Waals surface area (Å²) in [6, 6.07) is 1.71. The Morgan fingerprint density at radius 3 is 2.46 bits per heavy atom. The maximum absolute atomic E-state index is 5.78. The van der Waals surface area contributed by atoms with Crippen molar-refractivity contribution in [3.05, 3.63) is 12.3 Å². The van der Waals surface area contributed by atoms with Crippen molar-refractivity contribution in [2.24, 2.45) is 0 Å². The van der Waals surface area contributed by atoms with Gasteiger partial charge in [0, 0.05) is 10.9 Å². The standard InChI is InChI=1S/C9H15N3S/c1-9(2,3)13-8-7(11)6(10)4-5-12-8/h4-5H,11H2,1-3H3,(H2,10,12). The summed E-state index contributed by atoms with van der Waals surface area (Å²) in [7, 11) is 0. The van der Waals surface area contributed by atoms with Crippen molar-refractivity contribution in [2.45, 2.75) is 30.5 Å². The minimum absolute atomic E-state index is 0.106. The molecule has 0 aliphatic rings. The second-order valence-corrected chi connectivity index (χ2v) is 5.65. The highest BCUT2D eigenvalue weighted by molar-refractivity contribution is 8.00. The summed E-state index contributed by atoms with van der Waals surface area (Å²) in [5.41, 5.74) is 12.6. The van der Waals surface area contributed by atoms with Gasteiger partial charge in [-0.3, -0.25) is 0 Å². The number of rotatable bonds is 1. The molecule has 72 valence electrons. The molecule has 0 radical (unpaired) electrons. The third kappa shape index (κ3) is 2.81. The van der Waals surface area contributed by atoms with Crippen molar-refractivity contribution in [3.8, 4) is 0 Å². The Morgan fingerprint density at radius 1 is 1.31 bits per heavy atom. The lowest BCUT2D eigenvalue weighted by atomic mass is 10.3. The van der Waals surface area contributed by atoms with Crippen LogP contribution in [0.15, 0.2) is 17.3 Å². The van der Waals surface area contributed by atoms with E-state index in [4.69, 9.17) is 11.5 Å². The van der Waals surface area contributed by atoms with Gasteiger partial charge in [0.2, 0.25) is 0 Å². The lowest BCUT2D eigenvalue weighted by Gasteiger charge is -2.18. The van der Waals surface area contributed by atoms with Gasteiger partial charge < -0.3 is 11.5 Å². The second-order valence-electron chi connectivity index (χ2n) is 3.83. The molecule has 0 atom stereocenters. The molecule has 1 aromatic rings. The molecule has 0 unspecified atom stereocenters. The van der Waals surface area contributed by atoms with Gasteiger partial charge in [-0.2, -0.15) is 0 Å². The second kappa shape index (κ2) is 3.46. The van der Waals surface area contributed by atoms with Crippen LogP contribution in [0.5, 0.6) is 0 Å². The van der Waals surface area contributed by atoms with E-state index < -0.39 is 0 Å². The molecule has 13 heavy (non-hydrogen) atoms. The lowest BCUT2D eigenvalue weighted by Crippen LogP contribution is -2.09. The predicted octanol–water partition coefficient (Wildman–Crippen LogP) is 2.14. The summed E-state index contributed by atoms with van der Waals surface area (Å²) in [4.78, 5) is 4.18. The van der Waals surface area contributed by atoms with E-state index in [1.165, 1.54) is 0 Å². The van der Waals surface area contributed by atoms with Gasteiger partial charge in [0.25, 0.3) is 0 Å². The zero-order chi connectivity index (χ0) is 10.1. The van der Waals surface area contributed by atoms with Gasteiger partial charge in [0.1, 0.15) is 5.03 Å². The van der Waals surface area contributed by atoms with Crippen LogP contribution in [0, 0.1) is 0 Å². The maximum atomic E-state index is 5.78. The highest BCUT2D eigenvalue weighted by Gasteiger charge is 2.15. The summed E-state index contributed by atoms with van der Waals surface area (Å²) in [6.07, 6.45) is 1.68. The third-order valence-electron chi connectivity index (χ3n) is 1.39. The number of anilines is 2. The number of hydrogen-bond donors (Lipinski definition) is 2. The van der Waals surface area contributed by atoms with Crippen molar-refractivity contribution < 1.29 is 0 Å². The van der Waals surface area contributed by atoms with Crippen molar-refractivity contribution in [3.63, 3.8) is 0 Å². The monoisotopic (exact) mass is 197 g/mol. The van der Waals surface area contributed by atoms with E-state index >= 15 is 0 Å². The molecule has 0 saturated carbocycles. The number of hydrogen-bond acceptors (Lipinski definition) is 4. The molecular weight excluding hydrogens is 182 g/mol. The third-order valence-corrected chi connectivity index (χ3v) is 2.52. The molecule has 0 aromatic carbocycles. The summed E-state index contributed by atoms with van der Waals surface area (Å²) in [5, 5.41) is 0.813. The Kier molecular flexibility index (Phi) is 2.71. The van der Waals surface area contributed by atoms with Crippen LogP contribution in [0.25, 0.3) is 0 Å². The summed E-state index contributed by atoms with van der Waals surface area (Å²) in [5.74, 6) is 0. The fourth-order valence-corrected chi connectivity index (χ4v) is 1.76. The molecule has 4 N–H and O–H groups in total. The molecule has 0 aliphatic heterocycles. The molecule has 0 bridgehead atoms. The molecule has 0 amide bonds. The topological polar surface area (TPSA) is 64.9 Å². The fraction of sp³-hybridized carbons (Fsp3) is 0.444. The van der Waals surface area contributed by atoms with Crippen molar-refractivity contribution >= 4 is 23.1 Å². The van der Waals surface area contributed by atoms with Gasteiger partial charge in [0.15, 0.2) is 0 Å². The van der Waals surface area contributed by atoms with Crippen LogP contribution in [0.2, 0.25) is 0 Å². The van der Waals surface area contributed by atoms with Gasteiger partial charge in [0.05, 0.1) is 11.4 Å². The van der Waals surface area contributed by atoms with Crippen LogP contribution >= 0.6 is 11.8 Å². The maximum Gasteiger partial charge on any atom is 0.122 e. The molecule has 0 saturated heterocycles. The van der Waals surface area contributed by atoms with Gasteiger partial charge in [-0.25, -0.2) is 4.98 Å². The average molecular weight is 197 g/mol.